The van der Waals surface area contributed by atoms with Gasteiger partial charge in [0.15, 0.2) is 17.0 Å². The molecule has 16 heteroatoms. The fourth-order valence-corrected chi connectivity index (χ4v) is 3.57. The number of hydrazine groups is 1. The first-order valence-electron chi connectivity index (χ1n) is 12.1. The topological polar surface area (TPSA) is 159 Å². The van der Waals surface area contributed by atoms with Crippen molar-refractivity contribution in [3.05, 3.63) is 12.2 Å². The number of nitrogens with one attached hydrogen (secondary N) is 1. The maximum absolute atomic E-state index is 11.5. The number of nitrogens with zero attached hydrogens (tertiary/aromatic N) is 7. The Morgan fingerprint density at radius 1 is 1.26 bits per heavy atom. The molecule has 39 heavy (non-hydrogen) atoms. The molecule has 0 aliphatic carbocycles. The molecule has 1 amide bonds. The highest BCUT2D eigenvalue weighted by atomic mass is 19.4. The quantitative estimate of drug-likeness (QED) is 0.380. The van der Waals surface area contributed by atoms with Crippen molar-refractivity contribution in [2.24, 2.45) is 0 Å². The summed E-state index contributed by atoms with van der Waals surface area (Å²) in [6, 6.07) is 1.82. The highest BCUT2D eigenvalue weighted by molar-refractivity contribution is 5.85. The monoisotopic (exact) mass is 558 g/mol. The third-order valence-corrected chi connectivity index (χ3v) is 5.18. The first-order chi connectivity index (χ1) is 18.1. The van der Waals surface area contributed by atoms with Crippen molar-refractivity contribution in [2.75, 3.05) is 38.9 Å². The third-order valence-electron chi connectivity index (χ3n) is 5.18. The maximum atomic E-state index is 11.5. The molecule has 2 aromatic rings. The molecular formula is C23H33F3N8O5. The van der Waals surface area contributed by atoms with Crippen LogP contribution < -0.4 is 10.4 Å². The molecule has 0 saturated carbocycles. The van der Waals surface area contributed by atoms with Crippen LogP contribution in [-0.2, 0) is 20.8 Å². The summed E-state index contributed by atoms with van der Waals surface area (Å²) >= 11 is 0. The lowest BCUT2D eigenvalue weighted by molar-refractivity contribution is -0.210. The molecule has 2 N–H and O–H groups in total. The van der Waals surface area contributed by atoms with Crippen molar-refractivity contribution < 1.29 is 37.3 Å². The van der Waals surface area contributed by atoms with E-state index in [0.29, 0.717) is 49.6 Å². The van der Waals surface area contributed by atoms with Crippen LogP contribution in [0.2, 0.25) is 0 Å². The largest absolute Gasteiger partial charge is 0.490 e. The van der Waals surface area contributed by atoms with Crippen molar-refractivity contribution in [1.82, 2.24) is 29.8 Å². The van der Waals surface area contributed by atoms with E-state index in [-0.39, 0.29) is 11.9 Å². The number of halogens is 3. The van der Waals surface area contributed by atoms with Crippen molar-refractivity contribution >= 4 is 29.0 Å². The highest BCUT2D eigenvalue weighted by Crippen LogP contribution is 2.26. The molecule has 216 valence electrons. The average Bonchev–Trinajstić information content (AvgIpc) is 3.24. The van der Waals surface area contributed by atoms with Crippen LogP contribution in [0.1, 0.15) is 45.9 Å². The average molecular weight is 559 g/mol. The predicted molar refractivity (Wildman–Crippen MR) is 133 cm³/mol. The van der Waals surface area contributed by atoms with Gasteiger partial charge in [-0.15, -0.1) is 0 Å². The Bertz CT molecular complexity index is 1170. The predicted octanol–water partition coefficient (Wildman–Crippen LogP) is 2.71. The molecule has 3 rings (SSSR count). The molecule has 1 aliphatic rings. The fourth-order valence-electron chi connectivity index (χ4n) is 3.57. The smallest absolute Gasteiger partial charge is 0.464 e. The van der Waals surface area contributed by atoms with Gasteiger partial charge >= 0.3 is 18.2 Å². The number of aromatic nitrogens is 4. The number of imidazole rings is 1. The Kier molecular flexibility index (Phi) is 10.8. The van der Waals surface area contributed by atoms with Gasteiger partial charge in [0.25, 0.3) is 0 Å². The summed E-state index contributed by atoms with van der Waals surface area (Å²) in [6.07, 6.45) is -2.29. The summed E-state index contributed by atoms with van der Waals surface area (Å²) in [5.41, 5.74) is 2.31. The molecule has 0 unspecified atom stereocenters. The van der Waals surface area contributed by atoms with Crippen LogP contribution >= 0.6 is 0 Å². The standard InChI is InChI=1S/C17H24N8O3.C6H9F3O2/c1-23(2)6-3-7-24-11-19-14-15(24)20-13(10-18)21-16(14)25(22-17(26)27)12-4-8-28-9-5-12;1-5(2,3)11-4(10)6(7,8)9/h11-12,22H,3-9H2,1-2H3,(H,26,27);1-3H3. The number of esters is 1. The molecule has 3 heterocycles. The summed E-state index contributed by atoms with van der Waals surface area (Å²) in [5, 5.41) is 20.2. The van der Waals surface area contributed by atoms with Gasteiger partial charge in [0, 0.05) is 19.8 Å². The highest BCUT2D eigenvalue weighted by Gasteiger charge is 2.42. The number of nitriles is 1. The maximum Gasteiger partial charge on any atom is 0.490 e. The van der Waals surface area contributed by atoms with E-state index in [1.165, 1.54) is 25.8 Å². The molecule has 1 fully saturated rings. The number of anilines is 1. The lowest BCUT2D eigenvalue weighted by Crippen LogP contribution is -2.51. The number of alkyl halides is 3. The Labute approximate surface area is 223 Å². The lowest BCUT2D eigenvalue weighted by atomic mass is 10.1. The van der Waals surface area contributed by atoms with Gasteiger partial charge in [-0.05, 0) is 60.7 Å². The molecular weight excluding hydrogens is 525 g/mol. The molecule has 0 atom stereocenters. The number of rotatable bonds is 7. The number of hydrogen-bond donors (Lipinski definition) is 2. The van der Waals surface area contributed by atoms with E-state index < -0.39 is 23.8 Å². The molecule has 1 aliphatic heterocycles. The van der Waals surface area contributed by atoms with Crippen LogP contribution in [-0.4, -0.2) is 93.3 Å². The minimum atomic E-state index is -4.90. The van der Waals surface area contributed by atoms with Crippen LogP contribution in [0, 0.1) is 11.3 Å². The number of carboxylic acid groups (broad SMARTS) is 1. The summed E-state index contributed by atoms with van der Waals surface area (Å²) in [6.45, 7) is 6.75. The van der Waals surface area contributed by atoms with Crippen molar-refractivity contribution in [1.29, 1.82) is 5.26 Å². The number of carbonyl (C=O) groups is 2. The van der Waals surface area contributed by atoms with Gasteiger partial charge in [-0.2, -0.15) is 28.4 Å². The van der Waals surface area contributed by atoms with Gasteiger partial charge in [0.2, 0.25) is 5.82 Å². The third kappa shape index (κ3) is 9.84. The minimum absolute atomic E-state index is 0.0268. The summed E-state index contributed by atoms with van der Waals surface area (Å²) in [4.78, 5) is 36.6. The molecule has 0 aromatic carbocycles. The normalized spacial score (nSPS) is 14.4. The number of hydrogen-bond acceptors (Lipinski definition) is 10. The van der Waals surface area contributed by atoms with E-state index in [1.54, 1.807) is 6.33 Å². The van der Waals surface area contributed by atoms with E-state index in [1.807, 2.05) is 24.7 Å². The Hall–Kier alpha value is -3.71. The molecule has 0 radical (unpaired) electrons. The van der Waals surface area contributed by atoms with Gasteiger partial charge < -0.3 is 24.0 Å². The van der Waals surface area contributed by atoms with Gasteiger partial charge in [0.05, 0.1) is 12.4 Å². The Balaban J connectivity index is 0.000000411. The van der Waals surface area contributed by atoms with E-state index in [0.717, 1.165) is 13.0 Å². The minimum Gasteiger partial charge on any atom is -0.464 e. The zero-order valence-corrected chi connectivity index (χ0v) is 22.4. The number of carbonyl (C=O) groups excluding carboxylic acids is 1. The van der Waals surface area contributed by atoms with Crippen LogP contribution in [0.25, 0.3) is 11.2 Å². The van der Waals surface area contributed by atoms with Crippen LogP contribution in [0.4, 0.5) is 23.8 Å². The van der Waals surface area contributed by atoms with Crippen LogP contribution in [0.15, 0.2) is 6.33 Å². The Morgan fingerprint density at radius 3 is 2.38 bits per heavy atom. The SMILES string of the molecule is CC(C)(C)OC(=O)C(F)(F)F.CN(C)CCCn1cnc2c(N(NC(=O)O)C3CCOCC3)nc(C#N)nc21. The number of amides is 1. The zero-order valence-electron chi connectivity index (χ0n) is 22.4. The second kappa shape index (κ2) is 13.4. The Morgan fingerprint density at radius 2 is 1.90 bits per heavy atom. The second-order valence-electron chi connectivity index (χ2n) is 9.88. The fraction of sp³-hybridized carbons (Fsp3) is 0.652. The molecule has 13 nitrogen and oxygen atoms in total. The van der Waals surface area contributed by atoms with Gasteiger partial charge in [-0.3, -0.25) is 5.01 Å². The molecule has 0 bridgehead atoms. The number of aryl methyl sites for hydroxylation is 1. The van der Waals surface area contributed by atoms with E-state index in [9.17, 15) is 33.1 Å². The second-order valence-corrected chi connectivity index (χ2v) is 9.88. The first-order valence-corrected chi connectivity index (χ1v) is 12.1. The van der Waals surface area contributed by atoms with E-state index >= 15 is 0 Å². The van der Waals surface area contributed by atoms with Crippen molar-refractivity contribution in [3.8, 4) is 6.07 Å². The van der Waals surface area contributed by atoms with Gasteiger partial charge in [-0.1, -0.05) is 0 Å². The molecule has 1 saturated heterocycles. The number of ether oxygens (including phenoxy) is 2. The van der Waals surface area contributed by atoms with E-state index in [2.05, 4.69) is 30.0 Å². The van der Waals surface area contributed by atoms with Gasteiger partial charge in [0.1, 0.15) is 11.7 Å². The van der Waals surface area contributed by atoms with Crippen molar-refractivity contribution in [3.63, 3.8) is 0 Å². The van der Waals surface area contributed by atoms with Crippen LogP contribution in [0.3, 0.4) is 0 Å². The lowest BCUT2D eigenvalue weighted by Gasteiger charge is -2.34. The number of fused-ring (bicyclic) bond motifs is 1. The van der Waals surface area contributed by atoms with Crippen LogP contribution in [0.5, 0.6) is 0 Å². The van der Waals surface area contributed by atoms with Crippen molar-refractivity contribution in [2.45, 2.75) is 64.4 Å². The van der Waals surface area contributed by atoms with E-state index in [4.69, 9.17) is 4.74 Å². The first kappa shape index (κ1) is 31.5. The van der Waals surface area contributed by atoms with Gasteiger partial charge in [-0.25, -0.2) is 20.0 Å². The molecule has 0 spiro atoms. The zero-order chi connectivity index (χ0) is 29.4. The molecule has 2 aromatic heterocycles. The summed E-state index contributed by atoms with van der Waals surface area (Å²) in [5.74, 6) is -1.88. The summed E-state index contributed by atoms with van der Waals surface area (Å²) in [7, 11) is 4.01. The summed E-state index contributed by atoms with van der Waals surface area (Å²) < 4.78 is 45.8.